The first kappa shape index (κ1) is 14.3. The van der Waals surface area contributed by atoms with Gasteiger partial charge in [0, 0.05) is 31.9 Å². The highest BCUT2D eigenvalue weighted by molar-refractivity contribution is 5.35. The van der Waals surface area contributed by atoms with E-state index in [-0.39, 0.29) is 0 Å². The largest absolute Gasteiger partial charge is 0.372 e. The third-order valence-electron chi connectivity index (χ3n) is 4.10. The Morgan fingerprint density at radius 3 is 2.95 bits per heavy atom. The maximum Gasteiger partial charge on any atom is 0.110 e. The number of hydrogen-bond donors (Lipinski definition) is 1. The van der Waals surface area contributed by atoms with E-state index in [0.717, 1.165) is 38.4 Å². The molecule has 1 aromatic heterocycles. The van der Waals surface area contributed by atoms with Crippen molar-refractivity contribution in [2.75, 3.05) is 6.54 Å². The lowest BCUT2D eigenvalue weighted by Crippen LogP contribution is -2.25. The van der Waals surface area contributed by atoms with Crippen LogP contribution in [0.25, 0.3) is 0 Å². The van der Waals surface area contributed by atoms with Gasteiger partial charge in [-0.15, -0.1) is 0 Å². The second kappa shape index (κ2) is 6.41. The van der Waals surface area contributed by atoms with Crippen LogP contribution in [0.1, 0.15) is 41.9 Å². The molecule has 1 unspecified atom stereocenters. The van der Waals surface area contributed by atoms with Crippen LogP contribution in [0.2, 0.25) is 0 Å². The summed E-state index contributed by atoms with van der Waals surface area (Å²) in [5, 5.41) is 3.65. The van der Waals surface area contributed by atoms with Crippen LogP contribution >= 0.6 is 0 Å². The zero-order chi connectivity index (χ0) is 14.7. The standard InChI is InChI=1S/C17H23N3O/c1-3-6-18-16(10-17-19-7-8-20(17)2)13-4-5-14-11-21-12-15(14)9-13/h4-5,7-9,16,18H,3,6,10-12H2,1-2H3. The third kappa shape index (κ3) is 3.17. The number of fused-ring (bicyclic) bond motifs is 1. The molecule has 0 aliphatic carbocycles. The average Bonchev–Trinajstić information content (AvgIpc) is 3.11. The van der Waals surface area contributed by atoms with Crippen molar-refractivity contribution in [2.24, 2.45) is 7.05 Å². The van der Waals surface area contributed by atoms with Crippen molar-refractivity contribution in [3.8, 4) is 0 Å². The first-order chi connectivity index (χ1) is 10.3. The molecule has 0 radical (unpaired) electrons. The van der Waals surface area contributed by atoms with Crippen LogP contribution in [-0.2, 0) is 31.4 Å². The van der Waals surface area contributed by atoms with Crippen LogP contribution in [-0.4, -0.2) is 16.1 Å². The fourth-order valence-corrected chi connectivity index (χ4v) is 2.81. The van der Waals surface area contributed by atoms with Gasteiger partial charge in [0.05, 0.1) is 13.2 Å². The Kier molecular flexibility index (Phi) is 4.36. The van der Waals surface area contributed by atoms with Gasteiger partial charge in [0.1, 0.15) is 5.82 Å². The highest BCUT2D eigenvalue weighted by Crippen LogP contribution is 2.25. The molecule has 0 bridgehead atoms. The molecular formula is C17H23N3O. The molecule has 21 heavy (non-hydrogen) atoms. The van der Waals surface area contributed by atoms with Gasteiger partial charge in [-0.05, 0) is 29.7 Å². The second-order valence-electron chi connectivity index (χ2n) is 5.69. The first-order valence-corrected chi connectivity index (χ1v) is 7.67. The summed E-state index contributed by atoms with van der Waals surface area (Å²) in [6.07, 6.45) is 5.90. The zero-order valence-electron chi connectivity index (χ0n) is 12.8. The summed E-state index contributed by atoms with van der Waals surface area (Å²) >= 11 is 0. The summed E-state index contributed by atoms with van der Waals surface area (Å²) in [4.78, 5) is 4.46. The molecule has 0 amide bonds. The van der Waals surface area contributed by atoms with Crippen LogP contribution in [0.15, 0.2) is 30.6 Å². The Hall–Kier alpha value is -1.65. The van der Waals surface area contributed by atoms with Gasteiger partial charge in [0.25, 0.3) is 0 Å². The Bertz CT molecular complexity index is 606. The number of nitrogens with zero attached hydrogens (tertiary/aromatic N) is 2. The Morgan fingerprint density at radius 2 is 2.19 bits per heavy atom. The Labute approximate surface area is 126 Å². The fraction of sp³-hybridized carbons (Fsp3) is 0.471. The molecule has 112 valence electrons. The normalized spacial score (nSPS) is 15.1. The third-order valence-corrected chi connectivity index (χ3v) is 4.10. The van der Waals surface area contributed by atoms with Crippen molar-refractivity contribution in [3.05, 3.63) is 53.1 Å². The van der Waals surface area contributed by atoms with Crippen molar-refractivity contribution >= 4 is 0 Å². The summed E-state index contributed by atoms with van der Waals surface area (Å²) in [7, 11) is 2.05. The van der Waals surface area contributed by atoms with Crippen LogP contribution in [0.3, 0.4) is 0 Å². The number of aryl methyl sites for hydroxylation is 1. The van der Waals surface area contributed by atoms with E-state index in [1.54, 1.807) is 0 Å². The fourth-order valence-electron chi connectivity index (χ4n) is 2.81. The lowest BCUT2D eigenvalue weighted by Gasteiger charge is -2.19. The SMILES string of the molecule is CCCNC(Cc1nccn1C)c1ccc2c(c1)COC2. The number of hydrogen-bond acceptors (Lipinski definition) is 3. The van der Waals surface area contributed by atoms with E-state index in [1.165, 1.54) is 16.7 Å². The minimum absolute atomic E-state index is 0.303. The molecule has 1 aromatic carbocycles. The summed E-state index contributed by atoms with van der Waals surface area (Å²) in [6.45, 7) is 4.71. The van der Waals surface area contributed by atoms with Gasteiger partial charge in [-0.3, -0.25) is 0 Å². The van der Waals surface area contributed by atoms with Crippen molar-refractivity contribution < 1.29 is 4.74 Å². The van der Waals surface area contributed by atoms with Gasteiger partial charge < -0.3 is 14.6 Å². The summed E-state index contributed by atoms with van der Waals surface area (Å²) < 4.78 is 7.61. The molecule has 4 heteroatoms. The molecule has 3 rings (SSSR count). The number of benzene rings is 1. The van der Waals surface area contributed by atoms with Crippen molar-refractivity contribution in [1.29, 1.82) is 0 Å². The van der Waals surface area contributed by atoms with Gasteiger partial charge in [-0.25, -0.2) is 4.98 Å². The summed E-state index contributed by atoms with van der Waals surface area (Å²) in [5.74, 6) is 1.11. The van der Waals surface area contributed by atoms with Gasteiger partial charge >= 0.3 is 0 Å². The summed E-state index contributed by atoms with van der Waals surface area (Å²) in [5.41, 5.74) is 3.98. The highest BCUT2D eigenvalue weighted by Gasteiger charge is 2.17. The van der Waals surface area contributed by atoms with Crippen molar-refractivity contribution in [1.82, 2.24) is 14.9 Å². The van der Waals surface area contributed by atoms with E-state index in [0.29, 0.717) is 6.04 Å². The number of imidazole rings is 1. The van der Waals surface area contributed by atoms with E-state index in [4.69, 9.17) is 4.74 Å². The Morgan fingerprint density at radius 1 is 1.33 bits per heavy atom. The quantitative estimate of drug-likeness (QED) is 0.887. The van der Waals surface area contributed by atoms with Crippen molar-refractivity contribution in [2.45, 2.75) is 39.0 Å². The maximum absolute atomic E-state index is 5.52. The molecule has 0 saturated heterocycles. The highest BCUT2D eigenvalue weighted by atomic mass is 16.5. The van der Waals surface area contributed by atoms with Gasteiger partial charge in [-0.2, -0.15) is 0 Å². The van der Waals surface area contributed by atoms with E-state index < -0.39 is 0 Å². The molecule has 4 nitrogen and oxygen atoms in total. The topological polar surface area (TPSA) is 39.1 Å². The van der Waals surface area contributed by atoms with Crippen LogP contribution in [0.5, 0.6) is 0 Å². The Balaban J connectivity index is 1.83. The number of rotatable bonds is 6. The minimum Gasteiger partial charge on any atom is -0.372 e. The zero-order valence-corrected chi connectivity index (χ0v) is 12.8. The molecule has 0 saturated carbocycles. The van der Waals surface area contributed by atoms with Gasteiger partial charge in [-0.1, -0.05) is 25.1 Å². The molecule has 1 atom stereocenters. The average molecular weight is 285 g/mol. The molecule has 1 aliphatic rings. The molecular weight excluding hydrogens is 262 g/mol. The first-order valence-electron chi connectivity index (χ1n) is 7.67. The lowest BCUT2D eigenvalue weighted by molar-refractivity contribution is 0.134. The molecule has 2 heterocycles. The monoisotopic (exact) mass is 285 g/mol. The lowest BCUT2D eigenvalue weighted by atomic mass is 9.98. The van der Waals surface area contributed by atoms with Gasteiger partial charge in [0.15, 0.2) is 0 Å². The molecule has 1 aliphatic heterocycles. The molecule has 2 aromatic rings. The van der Waals surface area contributed by atoms with E-state index >= 15 is 0 Å². The predicted molar refractivity (Wildman–Crippen MR) is 82.9 cm³/mol. The van der Waals surface area contributed by atoms with Crippen LogP contribution in [0.4, 0.5) is 0 Å². The van der Waals surface area contributed by atoms with Crippen LogP contribution < -0.4 is 5.32 Å². The predicted octanol–water partition coefficient (Wildman–Crippen LogP) is 2.73. The number of aromatic nitrogens is 2. The maximum atomic E-state index is 5.52. The second-order valence-corrected chi connectivity index (χ2v) is 5.69. The minimum atomic E-state index is 0.303. The molecule has 0 fully saturated rings. The van der Waals surface area contributed by atoms with E-state index in [1.807, 2.05) is 12.4 Å². The molecule has 1 N–H and O–H groups in total. The van der Waals surface area contributed by atoms with Crippen molar-refractivity contribution in [3.63, 3.8) is 0 Å². The van der Waals surface area contributed by atoms with Gasteiger partial charge in [0.2, 0.25) is 0 Å². The van der Waals surface area contributed by atoms with E-state index in [9.17, 15) is 0 Å². The number of nitrogens with one attached hydrogen (secondary N) is 1. The number of ether oxygens (including phenoxy) is 1. The summed E-state index contributed by atoms with van der Waals surface area (Å²) in [6, 6.07) is 7.02. The molecule has 0 spiro atoms. The van der Waals surface area contributed by atoms with E-state index in [2.05, 4.69) is 47.0 Å². The smallest absolute Gasteiger partial charge is 0.110 e. The van der Waals surface area contributed by atoms with Crippen LogP contribution in [0, 0.1) is 0 Å².